The fourth-order valence-corrected chi connectivity index (χ4v) is 3.06. The molecule has 0 radical (unpaired) electrons. The predicted molar refractivity (Wildman–Crippen MR) is 53.9 cm³/mol. The second-order valence-electron chi connectivity index (χ2n) is 3.24. The molecule has 2 unspecified atom stereocenters. The van der Waals surface area contributed by atoms with Gasteiger partial charge in [0.15, 0.2) is 0 Å². The molecule has 1 aliphatic rings. The second-order valence-corrected chi connectivity index (χ2v) is 4.59. The number of methoxy groups -OCH3 is 1. The zero-order valence-electron chi connectivity index (χ0n) is 8.07. The molecule has 0 aliphatic carbocycles. The maximum absolute atomic E-state index is 9.06. The summed E-state index contributed by atoms with van der Waals surface area (Å²) < 4.78 is 10.0. The van der Waals surface area contributed by atoms with Gasteiger partial charge in [-0.3, -0.25) is 0 Å². The van der Waals surface area contributed by atoms with E-state index in [1.54, 1.807) is 7.11 Å². The maximum atomic E-state index is 9.06. The quantitative estimate of drug-likeness (QED) is 0.522. The third-order valence-electron chi connectivity index (χ3n) is 2.33. The van der Waals surface area contributed by atoms with Crippen LogP contribution in [0.5, 0.6) is 0 Å². The van der Waals surface area contributed by atoms with E-state index in [1.165, 1.54) is 5.75 Å². The van der Waals surface area contributed by atoms with Gasteiger partial charge in [-0.1, -0.05) is 0 Å². The zero-order valence-corrected chi connectivity index (χ0v) is 8.89. The Morgan fingerprint density at radius 2 is 2.38 bits per heavy atom. The first kappa shape index (κ1) is 11.3. The zero-order chi connectivity index (χ0) is 9.52. The maximum Gasteiger partial charge on any atom is 0.146 e. The summed E-state index contributed by atoms with van der Waals surface area (Å²) in [6.07, 6.45) is 2.18. The monoisotopic (exact) mass is 206 g/mol. The van der Waals surface area contributed by atoms with Gasteiger partial charge < -0.3 is 14.6 Å². The van der Waals surface area contributed by atoms with E-state index in [0.29, 0.717) is 24.6 Å². The van der Waals surface area contributed by atoms with Crippen LogP contribution < -0.4 is 0 Å². The van der Waals surface area contributed by atoms with Gasteiger partial charge in [0.05, 0.1) is 6.61 Å². The van der Waals surface area contributed by atoms with Crippen LogP contribution in [0.2, 0.25) is 0 Å². The highest BCUT2D eigenvalue weighted by Gasteiger charge is 2.26. The number of aliphatic hydroxyl groups is 1. The van der Waals surface area contributed by atoms with Crippen LogP contribution in [0.15, 0.2) is 0 Å². The Hall–Kier alpha value is 0.230. The highest BCUT2D eigenvalue weighted by Crippen LogP contribution is 2.33. The molecule has 1 rings (SSSR count). The molecular weight excluding hydrogens is 188 g/mol. The summed E-state index contributed by atoms with van der Waals surface area (Å²) in [5.41, 5.74) is 0. The molecule has 0 amide bonds. The topological polar surface area (TPSA) is 38.7 Å². The Morgan fingerprint density at radius 3 is 3.08 bits per heavy atom. The van der Waals surface area contributed by atoms with E-state index in [9.17, 15) is 0 Å². The Bertz CT molecular complexity index is 132. The smallest absolute Gasteiger partial charge is 0.146 e. The van der Waals surface area contributed by atoms with E-state index >= 15 is 0 Å². The van der Waals surface area contributed by atoms with Crippen molar-refractivity contribution in [3.8, 4) is 0 Å². The Morgan fingerprint density at radius 1 is 1.54 bits per heavy atom. The van der Waals surface area contributed by atoms with Gasteiger partial charge >= 0.3 is 0 Å². The predicted octanol–water partition coefficient (Wildman–Crippen LogP) is 1.11. The minimum absolute atomic E-state index is 0.321. The minimum atomic E-state index is 0.321. The van der Waals surface area contributed by atoms with Crippen molar-refractivity contribution in [1.82, 2.24) is 0 Å². The molecule has 0 saturated carbocycles. The molecule has 0 aromatic carbocycles. The Labute approximate surface area is 83.8 Å². The van der Waals surface area contributed by atoms with Crippen LogP contribution in [-0.2, 0) is 9.47 Å². The molecule has 0 aromatic rings. The number of ether oxygens (including phenoxy) is 2. The van der Waals surface area contributed by atoms with Crippen LogP contribution in [0.4, 0.5) is 0 Å². The number of thioether (sulfide) groups is 1. The SMILES string of the molecule is COCOCCC1SCCC1CO. The van der Waals surface area contributed by atoms with Gasteiger partial charge in [0, 0.05) is 19.0 Å². The third-order valence-corrected chi connectivity index (χ3v) is 3.85. The lowest BCUT2D eigenvalue weighted by Gasteiger charge is -2.15. The second kappa shape index (κ2) is 6.65. The van der Waals surface area contributed by atoms with Crippen molar-refractivity contribution in [1.29, 1.82) is 0 Å². The van der Waals surface area contributed by atoms with Gasteiger partial charge in [0.1, 0.15) is 6.79 Å². The number of hydrogen-bond acceptors (Lipinski definition) is 4. The molecule has 2 atom stereocenters. The van der Waals surface area contributed by atoms with E-state index in [2.05, 4.69) is 0 Å². The van der Waals surface area contributed by atoms with Crippen molar-refractivity contribution >= 4 is 11.8 Å². The molecule has 78 valence electrons. The first-order chi connectivity index (χ1) is 6.38. The standard InChI is InChI=1S/C9H18O3S/c1-11-7-12-4-2-9-8(6-10)3-5-13-9/h8-10H,2-7H2,1H3. The van der Waals surface area contributed by atoms with Gasteiger partial charge in [0.2, 0.25) is 0 Å². The summed E-state index contributed by atoms with van der Waals surface area (Å²) in [6, 6.07) is 0. The van der Waals surface area contributed by atoms with Crippen LogP contribution >= 0.6 is 11.8 Å². The van der Waals surface area contributed by atoms with Crippen LogP contribution in [0.3, 0.4) is 0 Å². The number of rotatable bonds is 6. The van der Waals surface area contributed by atoms with E-state index in [0.717, 1.165) is 19.4 Å². The fraction of sp³-hybridized carbons (Fsp3) is 1.00. The van der Waals surface area contributed by atoms with Crippen molar-refractivity contribution in [3.05, 3.63) is 0 Å². The minimum Gasteiger partial charge on any atom is -0.396 e. The molecule has 1 aliphatic heterocycles. The molecule has 1 N–H and O–H groups in total. The molecule has 3 nitrogen and oxygen atoms in total. The van der Waals surface area contributed by atoms with Gasteiger partial charge in [-0.05, 0) is 24.5 Å². The Balaban J connectivity index is 2.06. The molecule has 0 spiro atoms. The molecule has 4 heteroatoms. The highest BCUT2D eigenvalue weighted by molar-refractivity contribution is 8.00. The number of hydrogen-bond donors (Lipinski definition) is 1. The van der Waals surface area contributed by atoms with Crippen molar-refractivity contribution in [2.75, 3.05) is 32.9 Å². The third kappa shape index (κ3) is 3.85. The van der Waals surface area contributed by atoms with E-state index in [-0.39, 0.29) is 0 Å². The normalized spacial score (nSPS) is 28.2. The molecule has 13 heavy (non-hydrogen) atoms. The largest absolute Gasteiger partial charge is 0.396 e. The van der Waals surface area contributed by atoms with E-state index in [1.807, 2.05) is 11.8 Å². The lowest BCUT2D eigenvalue weighted by atomic mass is 10.0. The molecule has 1 heterocycles. The van der Waals surface area contributed by atoms with Crippen LogP contribution in [0, 0.1) is 5.92 Å². The molecule has 1 fully saturated rings. The van der Waals surface area contributed by atoms with Crippen molar-refractivity contribution in [2.45, 2.75) is 18.1 Å². The van der Waals surface area contributed by atoms with Crippen molar-refractivity contribution < 1.29 is 14.6 Å². The lowest BCUT2D eigenvalue weighted by Crippen LogP contribution is -2.17. The summed E-state index contributed by atoms with van der Waals surface area (Å²) in [7, 11) is 1.63. The molecular formula is C9H18O3S. The van der Waals surface area contributed by atoms with Crippen molar-refractivity contribution in [2.24, 2.45) is 5.92 Å². The summed E-state index contributed by atoms with van der Waals surface area (Å²) in [5.74, 6) is 1.66. The summed E-state index contributed by atoms with van der Waals surface area (Å²) in [4.78, 5) is 0. The van der Waals surface area contributed by atoms with E-state index in [4.69, 9.17) is 14.6 Å². The van der Waals surface area contributed by atoms with Gasteiger partial charge in [-0.2, -0.15) is 11.8 Å². The number of aliphatic hydroxyl groups excluding tert-OH is 1. The highest BCUT2D eigenvalue weighted by atomic mass is 32.2. The van der Waals surface area contributed by atoms with Crippen LogP contribution in [-0.4, -0.2) is 43.2 Å². The first-order valence-electron chi connectivity index (χ1n) is 4.67. The van der Waals surface area contributed by atoms with Crippen LogP contribution in [0.25, 0.3) is 0 Å². The molecule has 0 bridgehead atoms. The van der Waals surface area contributed by atoms with Crippen LogP contribution in [0.1, 0.15) is 12.8 Å². The fourth-order valence-electron chi connectivity index (χ4n) is 1.56. The van der Waals surface area contributed by atoms with Gasteiger partial charge in [-0.25, -0.2) is 0 Å². The average Bonchev–Trinajstić information content (AvgIpc) is 2.60. The molecule has 1 saturated heterocycles. The van der Waals surface area contributed by atoms with E-state index < -0.39 is 0 Å². The van der Waals surface area contributed by atoms with Gasteiger partial charge in [-0.15, -0.1) is 0 Å². The first-order valence-corrected chi connectivity index (χ1v) is 5.72. The average molecular weight is 206 g/mol. The summed E-state index contributed by atoms with van der Waals surface area (Å²) in [6.45, 7) is 1.44. The molecule has 0 aromatic heterocycles. The lowest BCUT2D eigenvalue weighted by molar-refractivity contribution is -0.0320. The summed E-state index contributed by atoms with van der Waals surface area (Å²) >= 11 is 1.95. The Kier molecular flexibility index (Phi) is 5.78. The van der Waals surface area contributed by atoms with Gasteiger partial charge in [0.25, 0.3) is 0 Å². The van der Waals surface area contributed by atoms with Crippen molar-refractivity contribution in [3.63, 3.8) is 0 Å². The summed E-state index contributed by atoms with van der Waals surface area (Å²) in [5, 5.41) is 9.65.